The van der Waals surface area contributed by atoms with Crippen LogP contribution in [0.1, 0.15) is 28.4 Å². The molecule has 0 fully saturated rings. The highest BCUT2D eigenvalue weighted by Gasteiger charge is 2.21. The summed E-state index contributed by atoms with van der Waals surface area (Å²) in [6, 6.07) is 14.6. The van der Waals surface area contributed by atoms with Crippen LogP contribution in [-0.2, 0) is 16.6 Å². The van der Waals surface area contributed by atoms with Crippen molar-refractivity contribution in [2.75, 3.05) is 7.05 Å². The zero-order chi connectivity index (χ0) is 17.0. The molecule has 118 valence electrons. The van der Waals surface area contributed by atoms with Crippen LogP contribution >= 0.6 is 0 Å². The predicted molar refractivity (Wildman–Crippen MR) is 86.3 cm³/mol. The third kappa shape index (κ3) is 3.83. The van der Waals surface area contributed by atoms with Gasteiger partial charge in [0.15, 0.2) is 5.78 Å². The maximum Gasteiger partial charge on any atom is 0.243 e. The van der Waals surface area contributed by atoms with E-state index in [-0.39, 0.29) is 17.2 Å². The van der Waals surface area contributed by atoms with Crippen molar-refractivity contribution < 1.29 is 13.2 Å². The fourth-order valence-electron chi connectivity index (χ4n) is 2.07. The maximum absolute atomic E-state index is 12.5. The number of Topliss-reactive ketones (excluding diaryl/α,β-unsaturated/α-hetero) is 1. The topological polar surface area (TPSA) is 78.2 Å². The quantitative estimate of drug-likeness (QED) is 0.790. The highest BCUT2D eigenvalue weighted by atomic mass is 32.2. The Morgan fingerprint density at radius 1 is 1.09 bits per heavy atom. The molecule has 0 aliphatic carbocycles. The second kappa shape index (κ2) is 6.73. The van der Waals surface area contributed by atoms with Crippen molar-refractivity contribution in [2.24, 2.45) is 0 Å². The number of nitrogens with zero attached hydrogens (tertiary/aromatic N) is 2. The highest BCUT2D eigenvalue weighted by Crippen LogP contribution is 2.18. The van der Waals surface area contributed by atoms with Gasteiger partial charge < -0.3 is 0 Å². The predicted octanol–water partition coefficient (Wildman–Crippen LogP) is 2.58. The van der Waals surface area contributed by atoms with E-state index in [1.165, 1.54) is 42.5 Å². The minimum Gasteiger partial charge on any atom is -0.295 e. The van der Waals surface area contributed by atoms with E-state index in [9.17, 15) is 13.2 Å². The van der Waals surface area contributed by atoms with Gasteiger partial charge >= 0.3 is 0 Å². The van der Waals surface area contributed by atoms with Crippen LogP contribution in [0.15, 0.2) is 53.4 Å². The van der Waals surface area contributed by atoms with Crippen LogP contribution in [0.25, 0.3) is 0 Å². The normalized spacial score (nSPS) is 11.2. The second-order valence-corrected chi connectivity index (χ2v) is 7.20. The third-order valence-corrected chi connectivity index (χ3v) is 5.27. The van der Waals surface area contributed by atoms with Gasteiger partial charge in [0.1, 0.15) is 0 Å². The first kappa shape index (κ1) is 16.9. The van der Waals surface area contributed by atoms with Gasteiger partial charge in [-0.15, -0.1) is 0 Å². The maximum atomic E-state index is 12.5. The van der Waals surface area contributed by atoms with Crippen molar-refractivity contribution in [3.63, 3.8) is 0 Å². The number of nitriles is 1. The molecule has 23 heavy (non-hydrogen) atoms. The number of carbonyl (C=O) groups excluding carboxylic acids is 1. The lowest BCUT2D eigenvalue weighted by atomic mass is 10.1. The molecule has 0 bridgehead atoms. The van der Waals surface area contributed by atoms with Gasteiger partial charge in [-0.1, -0.05) is 24.3 Å². The van der Waals surface area contributed by atoms with E-state index >= 15 is 0 Å². The molecule has 0 amide bonds. The Balaban J connectivity index is 2.20. The molecular weight excluding hydrogens is 312 g/mol. The van der Waals surface area contributed by atoms with Crippen molar-refractivity contribution in [3.8, 4) is 6.07 Å². The van der Waals surface area contributed by atoms with Crippen LogP contribution in [0.4, 0.5) is 0 Å². The van der Waals surface area contributed by atoms with Gasteiger partial charge in [-0.25, -0.2) is 8.42 Å². The fraction of sp³-hybridized carbons (Fsp3) is 0.176. The van der Waals surface area contributed by atoms with E-state index in [0.29, 0.717) is 11.1 Å². The zero-order valence-corrected chi connectivity index (χ0v) is 13.7. The van der Waals surface area contributed by atoms with Gasteiger partial charge in [0.05, 0.1) is 16.5 Å². The molecule has 0 N–H and O–H groups in total. The number of ketones is 1. The van der Waals surface area contributed by atoms with Crippen molar-refractivity contribution in [1.29, 1.82) is 5.26 Å². The zero-order valence-electron chi connectivity index (χ0n) is 12.9. The van der Waals surface area contributed by atoms with Crippen LogP contribution in [-0.4, -0.2) is 25.6 Å². The summed E-state index contributed by atoms with van der Waals surface area (Å²) in [5.41, 5.74) is 1.79. The lowest BCUT2D eigenvalue weighted by Crippen LogP contribution is -2.26. The smallest absolute Gasteiger partial charge is 0.243 e. The summed E-state index contributed by atoms with van der Waals surface area (Å²) >= 11 is 0. The minimum atomic E-state index is -3.64. The number of hydrogen-bond acceptors (Lipinski definition) is 4. The molecule has 0 aromatic heterocycles. The third-order valence-electron chi connectivity index (χ3n) is 3.46. The van der Waals surface area contributed by atoms with Crippen molar-refractivity contribution >= 4 is 15.8 Å². The number of carbonyl (C=O) groups is 1. The van der Waals surface area contributed by atoms with Gasteiger partial charge in [0.25, 0.3) is 0 Å². The molecule has 0 aliphatic heterocycles. The Hall–Kier alpha value is -2.49. The Labute approximate surface area is 135 Å². The largest absolute Gasteiger partial charge is 0.295 e. The fourth-order valence-corrected chi connectivity index (χ4v) is 3.23. The number of hydrogen-bond donors (Lipinski definition) is 0. The van der Waals surface area contributed by atoms with Gasteiger partial charge in [0, 0.05) is 19.2 Å². The van der Waals surface area contributed by atoms with E-state index in [2.05, 4.69) is 0 Å². The van der Waals surface area contributed by atoms with Gasteiger partial charge in [-0.2, -0.15) is 9.57 Å². The van der Waals surface area contributed by atoms with E-state index in [0.717, 1.165) is 5.56 Å². The summed E-state index contributed by atoms with van der Waals surface area (Å²) in [7, 11) is -2.15. The Morgan fingerprint density at radius 3 is 2.13 bits per heavy atom. The van der Waals surface area contributed by atoms with E-state index in [1.54, 1.807) is 24.3 Å². The highest BCUT2D eigenvalue weighted by molar-refractivity contribution is 7.89. The van der Waals surface area contributed by atoms with Crippen LogP contribution in [0, 0.1) is 11.3 Å². The number of sulfonamides is 1. The molecule has 0 atom stereocenters. The van der Waals surface area contributed by atoms with E-state index in [4.69, 9.17) is 5.26 Å². The molecule has 0 saturated heterocycles. The summed E-state index contributed by atoms with van der Waals surface area (Å²) in [6.07, 6.45) is 0. The average Bonchev–Trinajstić information content (AvgIpc) is 2.55. The molecule has 0 heterocycles. The second-order valence-electron chi connectivity index (χ2n) is 5.15. The summed E-state index contributed by atoms with van der Waals surface area (Å²) in [5, 5.41) is 8.77. The van der Waals surface area contributed by atoms with Crippen LogP contribution in [0.2, 0.25) is 0 Å². The first-order valence-corrected chi connectivity index (χ1v) is 8.35. The van der Waals surface area contributed by atoms with Crippen LogP contribution in [0.5, 0.6) is 0 Å². The molecule has 2 aromatic carbocycles. The van der Waals surface area contributed by atoms with E-state index in [1.807, 2.05) is 6.07 Å². The molecule has 6 heteroatoms. The molecule has 0 aliphatic rings. The van der Waals surface area contributed by atoms with E-state index < -0.39 is 10.0 Å². The minimum absolute atomic E-state index is 0.111. The molecule has 2 rings (SSSR count). The van der Waals surface area contributed by atoms with Crippen molar-refractivity contribution in [3.05, 3.63) is 65.2 Å². The molecule has 0 saturated carbocycles. The molecule has 2 aromatic rings. The standard InChI is InChI=1S/C17H16N2O3S/c1-13(20)16-7-9-17(10-8-16)23(21,22)19(2)12-15-5-3-14(11-18)4-6-15/h3-10H,12H2,1-2H3. The summed E-state index contributed by atoms with van der Waals surface area (Å²) in [6.45, 7) is 1.63. The van der Waals surface area contributed by atoms with Crippen LogP contribution < -0.4 is 0 Å². The van der Waals surface area contributed by atoms with Gasteiger partial charge in [-0.05, 0) is 36.8 Å². The molecule has 0 spiro atoms. The first-order valence-electron chi connectivity index (χ1n) is 6.91. The Bertz CT molecular complexity index is 848. The number of rotatable bonds is 5. The Morgan fingerprint density at radius 2 is 1.65 bits per heavy atom. The molecular formula is C17H16N2O3S. The lowest BCUT2D eigenvalue weighted by molar-refractivity contribution is 0.101. The van der Waals surface area contributed by atoms with Crippen molar-refractivity contribution in [2.45, 2.75) is 18.4 Å². The lowest BCUT2D eigenvalue weighted by Gasteiger charge is -2.17. The van der Waals surface area contributed by atoms with Gasteiger partial charge in [-0.3, -0.25) is 4.79 Å². The molecule has 0 radical (unpaired) electrons. The number of benzene rings is 2. The summed E-state index contributed by atoms with van der Waals surface area (Å²) in [4.78, 5) is 11.4. The monoisotopic (exact) mass is 328 g/mol. The van der Waals surface area contributed by atoms with Crippen molar-refractivity contribution in [1.82, 2.24) is 4.31 Å². The van der Waals surface area contributed by atoms with Crippen LogP contribution in [0.3, 0.4) is 0 Å². The first-order chi connectivity index (χ1) is 10.8. The summed E-state index contributed by atoms with van der Waals surface area (Å²) in [5.74, 6) is -0.111. The average molecular weight is 328 g/mol. The van der Waals surface area contributed by atoms with Gasteiger partial charge in [0.2, 0.25) is 10.0 Å². The molecule has 5 nitrogen and oxygen atoms in total. The Kier molecular flexibility index (Phi) is 4.94. The molecule has 0 unspecified atom stereocenters. The SMILES string of the molecule is CC(=O)c1ccc(S(=O)(=O)N(C)Cc2ccc(C#N)cc2)cc1. The summed E-state index contributed by atoms with van der Waals surface area (Å²) < 4.78 is 26.3.